The summed E-state index contributed by atoms with van der Waals surface area (Å²) in [6, 6.07) is 3.78. The van der Waals surface area contributed by atoms with Crippen molar-refractivity contribution in [2.24, 2.45) is 5.73 Å². The van der Waals surface area contributed by atoms with Gasteiger partial charge in [0.15, 0.2) is 11.6 Å². The standard InChI is InChI=1S/C10H14FNO2/c1-6(13)10(12)7-3-4-8(11)9(5-7)14-2/h3-6,10,13H,12H2,1-2H3/t6-,10-/m1/s1. The van der Waals surface area contributed by atoms with Crippen molar-refractivity contribution < 1.29 is 14.2 Å². The number of nitrogens with two attached hydrogens (primary N) is 1. The van der Waals surface area contributed by atoms with Crippen LogP contribution in [0.1, 0.15) is 18.5 Å². The molecule has 78 valence electrons. The van der Waals surface area contributed by atoms with E-state index in [4.69, 9.17) is 10.5 Å². The summed E-state index contributed by atoms with van der Waals surface area (Å²) in [4.78, 5) is 0. The highest BCUT2D eigenvalue weighted by Crippen LogP contribution is 2.22. The smallest absolute Gasteiger partial charge is 0.165 e. The van der Waals surface area contributed by atoms with Gasteiger partial charge in [-0.15, -0.1) is 0 Å². The molecule has 0 fully saturated rings. The fraction of sp³-hybridized carbons (Fsp3) is 0.400. The van der Waals surface area contributed by atoms with E-state index in [1.54, 1.807) is 6.92 Å². The number of rotatable bonds is 3. The van der Waals surface area contributed by atoms with Crippen molar-refractivity contribution in [1.29, 1.82) is 0 Å². The van der Waals surface area contributed by atoms with Crippen LogP contribution in [0.5, 0.6) is 5.75 Å². The largest absolute Gasteiger partial charge is 0.494 e. The Balaban J connectivity index is 3.00. The Bertz CT molecular complexity index is 315. The molecule has 0 aromatic heterocycles. The van der Waals surface area contributed by atoms with Crippen LogP contribution in [0.2, 0.25) is 0 Å². The maximum absolute atomic E-state index is 13.0. The number of halogens is 1. The highest BCUT2D eigenvalue weighted by Gasteiger charge is 2.14. The fourth-order valence-corrected chi connectivity index (χ4v) is 1.16. The minimum Gasteiger partial charge on any atom is -0.494 e. The van der Waals surface area contributed by atoms with Crippen molar-refractivity contribution >= 4 is 0 Å². The van der Waals surface area contributed by atoms with E-state index in [1.807, 2.05) is 0 Å². The first-order chi connectivity index (χ1) is 6.56. The van der Waals surface area contributed by atoms with Crippen LogP contribution in [-0.4, -0.2) is 18.3 Å². The Labute approximate surface area is 82.3 Å². The van der Waals surface area contributed by atoms with Crippen LogP contribution >= 0.6 is 0 Å². The Kier molecular flexibility index (Phi) is 3.43. The number of aliphatic hydroxyl groups is 1. The van der Waals surface area contributed by atoms with Crippen molar-refractivity contribution in [1.82, 2.24) is 0 Å². The first-order valence-corrected chi connectivity index (χ1v) is 4.33. The van der Waals surface area contributed by atoms with E-state index in [1.165, 1.54) is 25.3 Å². The zero-order valence-corrected chi connectivity index (χ0v) is 8.20. The van der Waals surface area contributed by atoms with Crippen LogP contribution in [0.3, 0.4) is 0 Å². The summed E-state index contributed by atoms with van der Waals surface area (Å²) >= 11 is 0. The first-order valence-electron chi connectivity index (χ1n) is 4.33. The third-order valence-electron chi connectivity index (χ3n) is 2.08. The summed E-state index contributed by atoms with van der Waals surface area (Å²) in [7, 11) is 1.39. The van der Waals surface area contributed by atoms with E-state index in [9.17, 15) is 9.50 Å². The van der Waals surface area contributed by atoms with Crippen molar-refractivity contribution in [3.8, 4) is 5.75 Å². The van der Waals surface area contributed by atoms with Crippen LogP contribution in [0.25, 0.3) is 0 Å². The van der Waals surface area contributed by atoms with Gasteiger partial charge in [0.25, 0.3) is 0 Å². The van der Waals surface area contributed by atoms with E-state index in [0.29, 0.717) is 5.56 Å². The van der Waals surface area contributed by atoms with Gasteiger partial charge in [-0.05, 0) is 24.6 Å². The molecule has 1 aromatic carbocycles. The van der Waals surface area contributed by atoms with Crippen molar-refractivity contribution in [2.45, 2.75) is 19.1 Å². The van der Waals surface area contributed by atoms with E-state index in [-0.39, 0.29) is 5.75 Å². The number of hydrogen-bond acceptors (Lipinski definition) is 3. The van der Waals surface area contributed by atoms with Crippen LogP contribution in [0, 0.1) is 5.82 Å². The van der Waals surface area contributed by atoms with Gasteiger partial charge in [-0.2, -0.15) is 0 Å². The molecule has 0 bridgehead atoms. The van der Waals surface area contributed by atoms with Gasteiger partial charge in [0.1, 0.15) is 0 Å². The summed E-state index contributed by atoms with van der Waals surface area (Å²) < 4.78 is 17.8. The molecular formula is C10H14FNO2. The molecule has 0 saturated carbocycles. The minimum absolute atomic E-state index is 0.138. The maximum Gasteiger partial charge on any atom is 0.165 e. The molecular weight excluding hydrogens is 185 g/mol. The molecule has 14 heavy (non-hydrogen) atoms. The third kappa shape index (κ3) is 2.21. The Morgan fingerprint density at radius 2 is 2.14 bits per heavy atom. The molecule has 0 heterocycles. The summed E-state index contributed by atoms with van der Waals surface area (Å²) in [6.07, 6.45) is -0.676. The molecule has 3 nitrogen and oxygen atoms in total. The van der Waals surface area contributed by atoms with Gasteiger partial charge in [-0.25, -0.2) is 4.39 Å². The van der Waals surface area contributed by atoms with Gasteiger partial charge in [-0.1, -0.05) is 6.07 Å². The van der Waals surface area contributed by atoms with Crippen molar-refractivity contribution in [3.63, 3.8) is 0 Å². The number of aliphatic hydroxyl groups excluding tert-OH is 1. The second kappa shape index (κ2) is 4.39. The second-order valence-corrected chi connectivity index (χ2v) is 3.16. The third-order valence-corrected chi connectivity index (χ3v) is 2.08. The molecule has 0 aliphatic rings. The normalized spacial score (nSPS) is 14.9. The number of methoxy groups -OCH3 is 1. The quantitative estimate of drug-likeness (QED) is 0.769. The average Bonchev–Trinajstić information content (AvgIpc) is 2.17. The van der Waals surface area contributed by atoms with Gasteiger partial charge in [0.05, 0.1) is 19.3 Å². The monoisotopic (exact) mass is 199 g/mol. The van der Waals surface area contributed by atoms with Crippen LogP contribution < -0.4 is 10.5 Å². The predicted octanol–water partition coefficient (Wildman–Crippen LogP) is 1.21. The molecule has 3 N–H and O–H groups in total. The Morgan fingerprint density at radius 3 is 2.64 bits per heavy atom. The lowest BCUT2D eigenvalue weighted by molar-refractivity contribution is 0.164. The van der Waals surface area contributed by atoms with E-state index < -0.39 is 18.0 Å². The molecule has 0 aliphatic heterocycles. The highest BCUT2D eigenvalue weighted by molar-refractivity contribution is 5.32. The van der Waals surface area contributed by atoms with Crippen LogP contribution in [0.15, 0.2) is 18.2 Å². The minimum atomic E-state index is -0.676. The molecule has 0 aliphatic carbocycles. The van der Waals surface area contributed by atoms with E-state index in [0.717, 1.165) is 0 Å². The molecule has 0 amide bonds. The van der Waals surface area contributed by atoms with E-state index >= 15 is 0 Å². The summed E-state index contributed by atoms with van der Waals surface area (Å²) in [5.74, 6) is -0.298. The van der Waals surface area contributed by atoms with E-state index in [2.05, 4.69) is 0 Å². The predicted molar refractivity (Wildman–Crippen MR) is 51.6 cm³/mol. The first kappa shape index (κ1) is 10.9. The van der Waals surface area contributed by atoms with Crippen LogP contribution in [-0.2, 0) is 0 Å². The number of ether oxygens (including phenoxy) is 1. The molecule has 0 unspecified atom stereocenters. The molecule has 0 radical (unpaired) electrons. The lowest BCUT2D eigenvalue weighted by Gasteiger charge is -2.15. The van der Waals surface area contributed by atoms with Crippen LogP contribution in [0.4, 0.5) is 4.39 Å². The molecule has 2 atom stereocenters. The van der Waals surface area contributed by atoms with Gasteiger partial charge >= 0.3 is 0 Å². The molecule has 0 spiro atoms. The fourth-order valence-electron chi connectivity index (χ4n) is 1.16. The van der Waals surface area contributed by atoms with Gasteiger partial charge in [-0.3, -0.25) is 0 Å². The molecule has 1 rings (SSSR count). The molecule has 4 heteroatoms. The topological polar surface area (TPSA) is 55.5 Å². The number of benzene rings is 1. The number of hydrogen-bond donors (Lipinski definition) is 2. The Hall–Kier alpha value is -1.13. The van der Waals surface area contributed by atoms with Crippen molar-refractivity contribution in [2.75, 3.05) is 7.11 Å². The maximum atomic E-state index is 13.0. The average molecular weight is 199 g/mol. The summed E-state index contributed by atoms with van der Waals surface area (Å²) in [5.41, 5.74) is 6.33. The van der Waals surface area contributed by atoms with Gasteiger partial charge < -0.3 is 15.6 Å². The Morgan fingerprint density at radius 1 is 1.50 bits per heavy atom. The lowest BCUT2D eigenvalue weighted by atomic mass is 10.0. The molecule has 0 saturated heterocycles. The lowest BCUT2D eigenvalue weighted by Crippen LogP contribution is -2.23. The highest BCUT2D eigenvalue weighted by atomic mass is 19.1. The van der Waals surface area contributed by atoms with Crippen molar-refractivity contribution in [3.05, 3.63) is 29.6 Å². The van der Waals surface area contributed by atoms with Gasteiger partial charge in [0.2, 0.25) is 0 Å². The SMILES string of the molecule is COc1cc([C@H](N)[C@@H](C)O)ccc1F. The second-order valence-electron chi connectivity index (χ2n) is 3.16. The summed E-state index contributed by atoms with van der Waals surface area (Å²) in [6.45, 7) is 1.58. The molecule has 1 aromatic rings. The van der Waals surface area contributed by atoms with Gasteiger partial charge in [0, 0.05) is 0 Å². The summed E-state index contributed by atoms with van der Waals surface area (Å²) in [5, 5.41) is 9.25. The zero-order valence-electron chi connectivity index (χ0n) is 8.20. The zero-order chi connectivity index (χ0) is 10.7.